The minimum atomic E-state index is -3.48. The van der Waals surface area contributed by atoms with E-state index in [-0.39, 0.29) is 17.5 Å². The van der Waals surface area contributed by atoms with Crippen molar-refractivity contribution >= 4 is 15.9 Å². The molecular weight excluding hydrogens is 390 g/mol. The average molecular weight is 416 g/mol. The normalized spacial score (nSPS) is 20.5. The predicted octanol–water partition coefficient (Wildman–Crippen LogP) is 0.856. The first kappa shape index (κ1) is 19.9. The first-order valence-corrected chi connectivity index (χ1v) is 11.1. The van der Waals surface area contributed by atoms with E-state index in [1.165, 1.54) is 4.31 Å². The van der Waals surface area contributed by atoms with Crippen LogP contribution in [0.25, 0.3) is 0 Å². The van der Waals surface area contributed by atoms with Crippen molar-refractivity contribution < 1.29 is 18.3 Å². The highest BCUT2D eigenvalue weighted by atomic mass is 32.2. The fourth-order valence-corrected chi connectivity index (χ4v) is 5.12. The van der Waals surface area contributed by atoms with Crippen LogP contribution in [-0.2, 0) is 14.8 Å². The molecular formula is C21H25N3O4S. The SMILES string of the molecule is Cc1ccc(C(CO)C(=O)N2CC(=C3CN(S(=O)(=O)C4=CC=CCN4)C3)C2)cc1. The number of benzene rings is 1. The lowest BCUT2D eigenvalue weighted by Crippen LogP contribution is -2.53. The zero-order valence-corrected chi connectivity index (χ0v) is 17.2. The summed E-state index contributed by atoms with van der Waals surface area (Å²) < 4.78 is 26.6. The highest BCUT2D eigenvalue weighted by Gasteiger charge is 2.39. The molecule has 1 unspecified atom stereocenters. The minimum Gasteiger partial charge on any atom is -0.395 e. The van der Waals surface area contributed by atoms with E-state index in [0.29, 0.717) is 32.7 Å². The van der Waals surface area contributed by atoms with E-state index < -0.39 is 15.9 Å². The Hall–Kier alpha value is -2.42. The number of aliphatic hydroxyl groups is 1. The Morgan fingerprint density at radius 1 is 1.14 bits per heavy atom. The zero-order valence-electron chi connectivity index (χ0n) is 16.3. The summed E-state index contributed by atoms with van der Waals surface area (Å²) in [6, 6.07) is 7.63. The minimum absolute atomic E-state index is 0.0900. The molecule has 3 heterocycles. The van der Waals surface area contributed by atoms with E-state index in [2.05, 4.69) is 5.32 Å². The van der Waals surface area contributed by atoms with Gasteiger partial charge in [-0.2, -0.15) is 4.31 Å². The summed E-state index contributed by atoms with van der Waals surface area (Å²) in [7, 11) is -3.48. The number of amides is 1. The Morgan fingerprint density at radius 3 is 2.38 bits per heavy atom. The summed E-state index contributed by atoms with van der Waals surface area (Å²) in [5.41, 5.74) is 4.12. The number of carbonyl (C=O) groups excluding carboxylic acids is 1. The van der Waals surface area contributed by atoms with E-state index in [0.717, 1.165) is 22.3 Å². The molecule has 7 nitrogen and oxygen atoms in total. The fourth-order valence-electron chi connectivity index (χ4n) is 3.67. The van der Waals surface area contributed by atoms with Crippen molar-refractivity contribution in [3.8, 4) is 0 Å². The number of dihydropyridines is 1. The maximum absolute atomic E-state index is 12.8. The monoisotopic (exact) mass is 415 g/mol. The number of rotatable bonds is 5. The second kappa shape index (κ2) is 7.78. The van der Waals surface area contributed by atoms with Crippen molar-refractivity contribution in [2.75, 3.05) is 39.3 Å². The zero-order chi connectivity index (χ0) is 20.6. The topological polar surface area (TPSA) is 90.0 Å². The number of aryl methyl sites for hydroxylation is 1. The van der Waals surface area contributed by atoms with Crippen molar-refractivity contribution in [1.29, 1.82) is 0 Å². The summed E-state index contributed by atoms with van der Waals surface area (Å²) in [5.74, 6) is -0.648. The highest BCUT2D eigenvalue weighted by Crippen LogP contribution is 2.31. The molecule has 3 aliphatic heterocycles. The molecule has 8 heteroatoms. The number of carbonyl (C=O) groups is 1. The van der Waals surface area contributed by atoms with Gasteiger partial charge in [0, 0.05) is 32.7 Å². The summed E-state index contributed by atoms with van der Waals surface area (Å²) >= 11 is 0. The van der Waals surface area contributed by atoms with Gasteiger partial charge >= 0.3 is 0 Å². The Bertz CT molecular complexity index is 993. The van der Waals surface area contributed by atoms with Crippen LogP contribution in [-0.4, -0.2) is 68.0 Å². The van der Waals surface area contributed by atoms with Gasteiger partial charge < -0.3 is 15.3 Å². The number of nitrogens with one attached hydrogen (secondary N) is 1. The Kier molecular flexibility index (Phi) is 5.33. The van der Waals surface area contributed by atoms with Crippen LogP contribution in [0.15, 0.2) is 58.7 Å². The highest BCUT2D eigenvalue weighted by molar-refractivity contribution is 7.93. The first-order valence-electron chi connectivity index (χ1n) is 9.67. The number of sulfonamides is 1. The van der Waals surface area contributed by atoms with E-state index in [4.69, 9.17) is 0 Å². The van der Waals surface area contributed by atoms with Gasteiger partial charge in [0.25, 0.3) is 10.0 Å². The molecule has 2 saturated heterocycles. The Balaban J connectivity index is 1.36. The second-order valence-electron chi connectivity index (χ2n) is 7.66. The molecule has 1 atom stereocenters. The van der Waals surface area contributed by atoms with Gasteiger partial charge in [-0.25, -0.2) is 8.42 Å². The van der Waals surface area contributed by atoms with Crippen molar-refractivity contribution in [3.63, 3.8) is 0 Å². The van der Waals surface area contributed by atoms with Gasteiger partial charge in [0.05, 0.1) is 12.5 Å². The number of allylic oxidation sites excluding steroid dienone is 2. The fraction of sp³-hybridized carbons (Fsp3) is 0.381. The summed E-state index contributed by atoms with van der Waals surface area (Å²) in [4.78, 5) is 14.5. The van der Waals surface area contributed by atoms with E-state index in [1.807, 2.05) is 37.3 Å². The Labute approximate surface area is 171 Å². The van der Waals surface area contributed by atoms with Gasteiger partial charge in [0.1, 0.15) is 5.03 Å². The molecule has 154 valence electrons. The van der Waals surface area contributed by atoms with Crippen LogP contribution in [0.4, 0.5) is 0 Å². The van der Waals surface area contributed by atoms with Gasteiger partial charge in [-0.3, -0.25) is 4.79 Å². The van der Waals surface area contributed by atoms with Crippen molar-refractivity contribution in [3.05, 3.63) is 69.8 Å². The summed E-state index contributed by atoms with van der Waals surface area (Å²) in [5, 5.41) is 12.8. The number of likely N-dealkylation sites (tertiary alicyclic amines) is 1. The molecule has 0 radical (unpaired) electrons. The van der Waals surface area contributed by atoms with Gasteiger partial charge in [-0.05, 0) is 29.7 Å². The van der Waals surface area contributed by atoms with Crippen molar-refractivity contribution in [2.24, 2.45) is 0 Å². The van der Waals surface area contributed by atoms with Crippen LogP contribution < -0.4 is 5.32 Å². The molecule has 1 aromatic carbocycles. The molecule has 29 heavy (non-hydrogen) atoms. The average Bonchev–Trinajstić information content (AvgIpc) is 2.65. The van der Waals surface area contributed by atoms with Crippen LogP contribution in [0.3, 0.4) is 0 Å². The maximum atomic E-state index is 12.8. The Morgan fingerprint density at radius 2 is 1.79 bits per heavy atom. The summed E-state index contributed by atoms with van der Waals surface area (Å²) in [6.45, 7) is 4.03. The van der Waals surface area contributed by atoms with Crippen LogP contribution in [0, 0.1) is 6.92 Å². The van der Waals surface area contributed by atoms with Gasteiger partial charge in [0.2, 0.25) is 5.91 Å². The number of nitrogens with zero attached hydrogens (tertiary/aromatic N) is 2. The largest absolute Gasteiger partial charge is 0.395 e. The van der Waals surface area contributed by atoms with Crippen LogP contribution in [0.1, 0.15) is 17.0 Å². The first-order chi connectivity index (χ1) is 13.9. The molecule has 2 N–H and O–H groups in total. The van der Waals surface area contributed by atoms with Crippen molar-refractivity contribution in [2.45, 2.75) is 12.8 Å². The van der Waals surface area contributed by atoms with E-state index in [1.54, 1.807) is 17.1 Å². The lowest BCUT2D eigenvalue weighted by Gasteiger charge is -2.42. The maximum Gasteiger partial charge on any atom is 0.258 e. The lowest BCUT2D eigenvalue weighted by atomic mass is 9.92. The lowest BCUT2D eigenvalue weighted by molar-refractivity contribution is -0.135. The molecule has 1 aromatic rings. The molecule has 0 aliphatic carbocycles. The third-order valence-corrected chi connectivity index (χ3v) is 7.44. The van der Waals surface area contributed by atoms with Crippen LogP contribution >= 0.6 is 0 Å². The van der Waals surface area contributed by atoms with Crippen LogP contribution in [0.5, 0.6) is 0 Å². The molecule has 3 aliphatic rings. The molecule has 0 bridgehead atoms. The standard InChI is InChI=1S/C21H25N3O4S/c1-15-5-7-16(8-6-15)19(14-25)21(26)23-10-17(11-23)18-12-24(13-18)29(27,28)20-4-2-3-9-22-20/h2-8,19,22,25H,9-14H2,1H3. The molecule has 0 saturated carbocycles. The molecule has 2 fully saturated rings. The van der Waals surface area contributed by atoms with Crippen molar-refractivity contribution in [1.82, 2.24) is 14.5 Å². The number of aliphatic hydroxyl groups excluding tert-OH is 1. The molecule has 0 spiro atoms. The quantitative estimate of drug-likeness (QED) is 0.696. The van der Waals surface area contributed by atoms with E-state index in [9.17, 15) is 18.3 Å². The van der Waals surface area contributed by atoms with Gasteiger partial charge in [-0.1, -0.05) is 42.0 Å². The van der Waals surface area contributed by atoms with Gasteiger partial charge in [-0.15, -0.1) is 0 Å². The number of hydrogen-bond acceptors (Lipinski definition) is 5. The molecule has 0 aromatic heterocycles. The summed E-state index contributed by atoms with van der Waals surface area (Å²) in [6.07, 6.45) is 5.18. The molecule has 1 amide bonds. The van der Waals surface area contributed by atoms with Crippen LogP contribution in [0.2, 0.25) is 0 Å². The third-order valence-electron chi connectivity index (χ3n) is 5.67. The predicted molar refractivity (Wildman–Crippen MR) is 110 cm³/mol. The smallest absolute Gasteiger partial charge is 0.258 e. The molecule has 4 rings (SSSR count). The number of hydrogen-bond donors (Lipinski definition) is 2. The third kappa shape index (κ3) is 3.75. The van der Waals surface area contributed by atoms with E-state index >= 15 is 0 Å². The van der Waals surface area contributed by atoms with Gasteiger partial charge in [0.15, 0.2) is 0 Å². The second-order valence-corrected chi connectivity index (χ2v) is 9.57.